The number of morpholine rings is 1. The topological polar surface area (TPSA) is 74.3 Å². The van der Waals surface area contributed by atoms with E-state index in [0.29, 0.717) is 31.6 Å². The van der Waals surface area contributed by atoms with Gasteiger partial charge in [-0.2, -0.15) is 0 Å². The minimum absolute atomic E-state index is 0.00260. The number of amides is 1. The fourth-order valence-corrected chi connectivity index (χ4v) is 7.15. The number of fused-ring (bicyclic) bond motifs is 5. The highest BCUT2D eigenvalue weighted by Gasteiger charge is 2.52. The van der Waals surface area contributed by atoms with Crippen molar-refractivity contribution in [3.63, 3.8) is 0 Å². The first-order chi connectivity index (χ1) is 20.6. The third-order valence-electron chi connectivity index (χ3n) is 10.1. The van der Waals surface area contributed by atoms with Gasteiger partial charge in [-0.25, -0.2) is 4.79 Å². The normalized spacial score (nSPS) is 25.3. The highest BCUT2D eigenvalue weighted by atomic mass is 16.7. The monoisotopic (exact) mass is 579 g/mol. The lowest BCUT2D eigenvalue weighted by Crippen LogP contribution is -2.60. The molecule has 3 aliphatic heterocycles. The molecule has 3 heterocycles. The highest BCUT2D eigenvalue weighted by molar-refractivity contribution is 6.62. The van der Waals surface area contributed by atoms with Crippen LogP contribution in [0.5, 0.6) is 0 Å². The number of ether oxygens (including phenoxy) is 2. The molecule has 0 N–H and O–H groups in total. The number of carbonyl (C=O) groups excluding carboxylic acids is 2. The predicted molar refractivity (Wildman–Crippen MR) is 165 cm³/mol. The molecule has 1 aliphatic carbocycles. The summed E-state index contributed by atoms with van der Waals surface area (Å²) in [4.78, 5) is 29.2. The number of hydrogen-bond acceptors (Lipinski definition) is 6. The van der Waals surface area contributed by atoms with Crippen LogP contribution >= 0.6 is 0 Å². The highest BCUT2D eigenvalue weighted by Crippen LogP contribution is 2.45. The van der Waals surface area contributed by atoms with Gasteiger partial charge in [0.1, 0.15) is 6.61 Å². The quantitative estimate of drug-likeness (QED) is 0.290. The summed E-state index contributed by atoms with van der Waals surface area (Å²) in [5.74, 6) is -0.115. The van der Waals surface area contributed by atoms with Gasteiger partial charge >= 0.3 is 13.2 Å². The fraction of sp³-hybridized carbons (Fsp3) is 0.429. The van der Waals surface area contributed by atoms with Gasteiger partial charge in [0.15, 0.2) is 5.78 Å². The van der Waals surface area contributed by atoms with E-state index in [0.717, 1.165) is 5.46 Å². The lowest BCUT2D eigenvalue weighted by molar-refractivity contribution is -0.0747. The number of ketones is 1. The van der Waals surface area contributed by atoms with Gasteiger partial charge in [-0.1, -0.05) is 72.8 Å². The first-order valence-electron chi connectivity index (χ1n) is 15.3. The molecule has 0 radical (unpaired) electrons. The summed E-state index contributed by atoms with van der Waals surface area (Å²) in [6, 6.07) is 23.9. The molecule has 3 aromatic carbocycles. The average Bonchev–Trinajstić information content (AvgIpc) is 3.43. The summed E-state index contributed by atoms with van der Waals surface area (Å²) in [5.41, 5.74) is 5.34. The molecule has 0 aromatic heterocycles. The van der Waals surface area contributed by atoms with Gasteiger partial charge in [0.2, 0.25) is 0 Å². The minimum Gasteiger partial charge on any atom is -0.448 e. The molecule has 3 fully saturated rings. The van der Waals surface area contributed by atoms with Crippen LogP contribution in [0.2, 0.25) is 0 Å². The van der Waals surface area contributed by atoms with Crippen LogP contribution in [0.15, 0.2) is 72.8 Å². The summed E-state index contributed by atoms with van der Waals surface area (Å²) in [6.45, 7) is 9.16. The Balaban J connectivity index is 1.03. The van der Waals surface area contributed by atoms with Crippen molar-refractivity contribution in [2.45, 2.75) is 69.7 Å². The van der Waals surface area contributed by atoms with E-state index in [1.807, 2.05) is 81.1 Å². The average molecular weight is 580 g/mol. The second kappa shape index (κ2) is 10.6. The summed E-state index contributed by atoms with van der Waals surface area (Å²) in [5, 5.41) is 0. The van der Waals surface area contributed by atoms with Crippen molar-refractivity contribution in [3.05, 3.63) is 89.5 Å². The van der Waals surface area contributed by atoms with E-state index in [9.17, 15) is 9.59 Å². The van der Waals surface area contributed by atoms with Crippen LogP contribution < -0.4 is 5.46 Å². The van der Waals surface area contributed by atoms with Crippen molar-refractivity contribution in [2.75, 3.05) is 19.8 Å². The predicted octanol–water partition coefficient (Wildman–Crippen LogP) is 5.60. The number of piperidine rings is 1. The molecule has 2 bridgehead atoms. The number of benzene rings is 3. The molecule has 2 unspecified atom stereocenters. The van der Waals surface area contributed by atoms with E-state index >= 15 is 0 Å². The van der Waals surface area contributed by atoms with Gasteiger partial charge in [-0.15, -0.1) is 0 Å². The van der Waals surface area contributed by atoms with Gasteiger partial charge in [0.25, 0.3) is 0 Å². The van der Waals surface area contributed by atoms with Crippen molar-refractivity contribution in [3.8, 4) is 11.1 Å². The van der Waals surface area contributed by atoms with E-state index in [2.05, 4.69) is 24.3 Å². The second-order valence-corrected chi connectivity index (χ2v) is 13.3. The molecule has 0 saturated carbocycles. The van der Waals surface area contributed by atoms with E-state index in [-0.39, 0.29) is 42.4 Å². The van der Waals surface area contributed by atoms with Crippen molar-refractivity contribution in [1.82, 2.24) is 4.90 Å². The summed E-state index contributed by atoms with van der Waals surface area (Å²) in [7, 11) is -0.527. The van der Waals surface area contributed by atoms with Gasteiger partial charge in [0.05, 0.1) is 36.5 Å². The van der Waals surface area contributed by atoms with Crippen LogP contribution in [0.4, 0.5) is 4.79 Å². The number of nitrogens with zero attached hydrogens (tertiary/aromatic N) is 1. The third kappa shape index (κ3) is 4.90. The van der Waals surface area contributed by atoms with Crippen molar-refractivity contribution >= 4 is 24.5 Å². The molecule has 3 aromatic rings. The molecule has 7 nitrogen and oxygen atoms in total. The smallest absolute Gasteiger partial charge is 0.448 e. The molecular formula is C35H38BNO6. The molecular weight excluding hydrogens is 541 g/mol. The third-order valence-corrected chi connectivity index (χ3v) is 10.1. The van der Waals surface area contributed by atoms with Crippen molar-refractivity contribution < 1.29 is 28.4 Å². The largest absolute Gasteiger partial charge is 0.494 e. The van der Waals surface area contributed by atoms with Crippen molar-refractivity contribution in [2.24, 2.45) is 5.92 Å². The number of hydrogen-bond donors (Lipinski definition) is 0. The summed E-state index contributed by atoms with van der Waals surface area (Å²) < 4.78 is 24.3. The lowest BCUT2D eigenvalue weighted by Gasteiger charge is -2.47. The molecule has 2 atom stereocenters. The Labute approximate surface area is 253 Å². The molecule has 1 amide bonds. The van der Waals surface area contributed by atoms with Gasteiger partial charge < -0.3 is 18.8 Å². The number of carbonyl (C=O) groups is 2. The maximum atomic E-state index is 13.8. The van der Waals surface area contributed by atoms with Crippen molar-refractivity contribution in [1.29, 1.82) is 0 Å². The van der Waals surface area contributed by atoms with Crippen LogP contribution in [0.3, 0.4) is 0 Å². The Morgan fingerprint density at radius 1 is 0.837 bits per heavy atom. The van der Waals surface area contributed by atoms with Crippen LogP contribution in [0.25, 0.3) is 11.1 Å². The standard InChI is InChI=1S/C35H38BNO6/c1-34(2)35(3,4)43-36(42-34)24-11-9-10-22(16-24)32(38)23-17-25-19-40-20-26(18-23)37(25)33(39)41-21-31-29-14-7-5-12-27(29)28-13-6-8-15-30(28)31/h5-16,23,25-26,31H,17-21H2,1-4H3. The summed E-state index contributed by atoms with van der Waals surface area (Å²) in [6.07, 6.45) is 0.759. The number of Topliss-reactive ketones (excluding diaryl/α,β-unsaturated/α-hetero) is 1. The van der Waals surface area contributed by atoms with E-state index < -0.39 is 18.3 Å². The molecule has 0 spiro atoms. The Hall–Kier alpha value is -3.46. The van der Waals surface area contributed by atoms with E-state index in [1.54, 1.807) is 0 Å². The molecule has 8 heteroatoms. The molecule has 43 heavy (non-hydrogen) atoms. The first kappa shape index (κ1) is 28.3. The summed E-state index contributed by atoms with van der Waals surface area (Å²) >= 11 is 0. The number of rotatable bonds is 5. The van der Waals surface area contributed by atoms with Gasteiger partial charge in [0, 0.05) is 17.4 Å². The zero-order valence-corrected chi connectivity index (χ0v) is 25.2. The van der Waals surface area contributed by atoms with Gasteiger partial charge in [-0.05, 0) is 68.3 Å². The van der Waals surface area contributed by atoms with Crippen LogP contribution in [-0.2, 0) is 18.8 Å². The van der Waals surface area contributed by atoms with Crippen LogP contribution in [-0.4, -0.2) is 67.0 Å². The van der Waals surface area contributed by atoms with Crippen LogP contribution in [0, 0.1) is 5.92 Å². The Kier molecular flexibility index (Phi) is 6.99. The molecule has 7 rings (SSSR count). The Bertz CT molecular complexity index is 1490. The molecule has 4 aliphatic rings. The Morgan fingerprint density at radius 2 is 1.42 bits per heavy atom. The first-order valence-corrected chi connectivity index (χ1v) is 15.3. The Morgan fingerprint density at radius 3 is 2.02 bits per heavy atom. The fourth-order valence-electron chi connectivity index (χ4n) is 7.15. The van der Waals surface area contributed by atoms with Crippen LogP contribution in [0.1, 0.15) is 67.9 Å². The maximum Gasteiger partial charge on any atom is 0.494 e. The maximum absolute atomic E-state index is 13.8. The second-order valence-electron chi connectivity index (χ2n) is 13.3. The van der Waals surface area contributed by atoms with E-state index in [4.69, 9.17) is 18.8 Å². The SMILES string of the molecule is CC1(C)OB(c2cccc(C(=O)C3CC4COCC(C3)N4C(=O)OCC3c4ccccc4-c4ccccc43)c2)OC1(C)C. The zero-order chi connectivity index (χ0) is 29.9. The lowest BCUT2D eigenvalue weighted by atomic mass is 9.76. The molecule has 3 saturated heterocycles. The van der Waals surface area contributed by atoms with Gasteiger partial charge in [-0.3, -0.25) is 9.69 Å². The molecule has 222 valence electrons. The zero-order valence-electron chi connectivity index (χ0n) is 25.2. The van der Waals surface area contributed by atoms with E-state index in [1.165, 1.54) is 22.3 Å². The minimum atomic E-state index is -0.527.